The van der Waals surface area contributed by atoms with Gasteiger partial charge in [-0.25, -0.2) is 0 Å². The van der Waals surface area contributed by atoms with Gasteiger partial charge in [-0.2, -0.15) is 0 Å². The molecule has 0 bridgehead atoms. The number of benzene rings is 1. The van der Waals surface area contributed by atoms with Gasteiger partial charge in [-0.15, -0.1) is 11.8 Å². The first-order valence-corrected chi connectivity index (χ1v) is 8.76. The van der Waals surface area contributed by atoms with Crippen molar-refractivity contribution < 1.29 is 14.7 Å². The first kappa shape index (κ1) is 16.9. The molecule has 0 aromatic heterocycles. The van der Waals surface area contributed by atoms with E-state index in [-0.39, 0.29) is 24.4 Å². The van der Waals surface area contributed by atoms with Crippen molar-refractivity contribution in [2.75, 3.05) is 12.3 Å². The van der Waals surface area contributed by atoms with E-state index in [0.717, 1.165) is 30.6 Å². The smallest absolute Gasteiger partial charge is 0.323 e. The van der Waals surface area contributed by atoms with E-state index in [1.54, 1.807) is 16.7 Å². The number of thioether (sulfide) groups is 1. The second-order valence-electron chi connectivity index (χ2n) is 5.82. The Morgan fingerprint density at radius 2 is 1.91 bits per heavy atom. The minimum absolute atomic E-state index is 0.0299. The minimum atomic E-state index is -0.928. The van der Waals surface area contributed by atoms with Crippen molar-refractivity contribution >= 4 is 23.6 Å². The maximum atomic E-state index is 12.6. The normalized spacial score (nSPS) is 16.4. The van der Waals surface area contributed by atoms with Gasteiger partial charge in [-0.05, 0) is 25.0 Å². The van der Waals surface area contributed by atoms with E-state index in [0.29, 0.717) is 5.75 Å². The average Bonchev–Trinajstić information content (AvgIpc) is 3.04. The number of carboxylic acid groups (broad SMARTS) is 1. The fourth-order valence-electron chi connectivity index (χ4n) is 2.84. The molecule has 0 aliphatic heterocycles. The third-order valence-electron chi connectivity index (χ3n) is 4.02. The molecule has 1 unspecified atom stereocenters. The van der Waals surface area contributed by atoms with Crippen LogP contribution in [-0.4, -0.2) is 40.2 Å². The molecule has 4 nitrogen and oxygen atoms in total. The average molecular weight is 321 g/mol. The Labute approximate surface area is 135 Å². The Hall–Kier alpha value is -1.49. The van der Waals surface area contributed by atoms with E-state index in [4.69, 9.17) is 5.11 Å². The molecule has 0 radical (unpaired) electrons. The van der Waals surface area contributed by atoms with Crippen molar-refractivity contribution in [3.63, 3.8) is 0 Å². The number of hydrogen-bond donors (Lipinski definition) is 1. The zero-order valence-electron chi connectivity index (χ0n) is 12.9. The van der Waals surface area contributed by atoms with Gasteiger partial charge in [0.25, 0.3) is 0 Å². The van der Waals surface area contributed by atoms with E-state index in [2.05, 4.69) is 0 Å². The summed E-state index contributed by atoms with van der Waals surface area (Å²) >= 11 is 1.64. The van der Waals surface area contributed by atoms with Gasteiger partial charge in [0.15, 0.2) is 0 Å². The van der Waals surface area contributed by atoms with Crippen molar-refractivity contribution in [3.05, 3.63) is 30.3 Å². The summed E-state index contributed by atoms with van der Waals surface area (Å²) in [6.07, 6.45) is 4.03. The molecule has 2 rings (SSSR count). The summed E-state index contributed by atoms with van der Waals surface area (Å²) < 4.78 is 0. The lowest BCUT2D eigenvalue weighted by Crippen LogP contribution is -2.45. The van der Waals surface area contributed by atoms with E-state index in [1.165, 1.54) is 0 Å². The predicted molar refractivity (Wildman–Crippen MR) is 87.9 cm³/mol. The number of amides is 1. The summed E-state index contributed by atoms with van der Waals surface area (Å²) in [6, 6.07) is 10.1. The molecule has 1 N–H and O–H groups in total. The minimum Gasteiger partial charge on any atom is -0.480 e. The Balaban J connectivity index is 1.94. The number of carboxylic acids is 1. The molecule has 0 saturated heterocycles. The molecule has 1 amide bonds. The van der Waals surface area contributed by atoms with Crippen LogP contribution in [0.1, 0.15) is 32.6 Å². The van der Waals surface area contributed by atoms with Crippen LogP contribution < -0.4 is 0 Å². The molecule has 0 heterocycles. The van der Waals surface area contributed by atoms with Crippen LogP contribution in [-0.2, 0) is 9.59 Å². The largest absolute Gasteiger partial charge is 0.480 e. The molecule has 1 aromatic rings. The number of carbonyl (C=O) groups excluding carboxylic acids is 1. The quantitative estimate of drug-likeness (QED) is 0.783. The molecule has 1 fully saturated rings. The van der Waals surface area contributed by atoms with E-state index < -0.39 is 5.97 Å². The van der Waals surface area contributed by atoms with Crippen LogP contribution >= 0.6 is 11.8 Å². The van der Waals surface area contributed by atoms with Gasteiger partial charge in [0.2, 0.25) is 5.91 Å². The molecule has 1 saturated carbocycles. The zero-order chi connectivity index (χ0) is 15.9. The van der Waals surface area contributed by atoms with E-state index >= 15 is 0 Å². The molecular formula is C17H23NO3S. The van der Waals surface area contributed by atoms with Crippen molar-refractivity contribution in [1.29, 1.82) is 0 Å². The highest BCUT2D eigenvalue weighted by molar-refractivity contribution is 7.99. The van der Waals surface area contributed by atoms with E-state index in [9.17, 15) is 9.59 Å². The number of aliphatic carboxylic acids is 1. The number of rotatable bonds is 7. The lowest BCUT2D eigenvalue weighted by Gasteiger charge is -2.29. The lowest BCUT2D eigenvalue weighted by atomic mass is 10.1. The van der Waals surface area contributed by atoms with Crippen molar-refractivity contribution in [3.8, 4) is 0 Å². The number of hydrogen-bond acceptors (Lipinski definition) is 3. The first-order chi connectivity index (χ1) is 10.6. The summed E-state index contributed by atoms with van der Waals surface area (Å²) in [5.41, 5.74) is 0. The van der Waals surface area contributed by atoms with Crippen molar-refractivity contribution in [1.82, 2.24) is 4.90 Å². The molecule has 22 heavy (non-hydrogen) atoms. The Morgan fingerprint density at radius 1 is 1.27 bits per heavy atom. The van der Waals surface area contributed by atoms with Gasteiger partial charge in [-0.3, -0.25) is 9.59 Å². The van der Waals surface area contributed by atoms with Crippen LogP contribution in [0.3, 0.4) is 0 Å². The molecular weight excluding hydrogens is 298 g/mol. The summed E-state index contributed by atoms with van der Waals surface area (Å²) in [5.74, 6) is -0.461. The molecule has 0 spiro atoms. The predicted octanol–water partition coefficient (Wildman–Crippen LogP) is 3.27. The van der Waals surface area contributed by atoms with Crippen molar-refractivity contribution in [2.45, 2.75) is 43.5 Å². The summed E-state index contributed by atoms with van der Waals surface area (Å²) in [6.45, 7) is 1.71. The highest BCUT2D eigenvalue weighted by atomic mass is 32.2. The van der Waals surface area contributed by atoms with Gasteiger partial charge in [0.1, 0.15) is 6.54 Å². The monoisotopic (exact) mass is 321 g/mol. The maximum Gasteiger partial charge on any atom is 0.323 e. The molecule has 1 aromatic carbocycles. The fourth-order valence-corrected chi connectivity index (χ4v) is 3.78. The molecule has 120 valence electrons. The summed E-state index contributed by atoms with van der Waals surface area (Å²) in [5, 5.41) is 9.08. The third-order valence-corrected chi connectivity index (χ3v) is 5.29. The zero-order valence-corrected chi connectivity index (χ0v) is 13.7. The molecule has 1 atom stereocenters. The summed E-state index contributed by atoms with van der Waals surface area (Å²) in [7, 11) is 0. The molecule has 1 aliphatic carbocycles. The van der Waals surface area contributed by atoms with Crippen molar-refractivity contribution in [2.24, 2.45) is 5.92 Å². The topological polar surface area (TPSA) is 57.6 Å². The van der Waals surface area contributed by atoms with Gasteiger partial charge in [-0.1, -0.05) is 38.0 Å². The van der Waals surface area contributed by atoms with E-state index in [1.807, 2.05) is 37.3 Å². The Morgan fingerprint density at radius 3 is 2.50 bits per heavy atom. The standard InChI is InChI=1S/C17H23NO3S/c1-13(12-22-15-9-3-2-4-10-15)17(21)18(11-16(19)20)14-7-5-6-8-14/h2-4,9-10,13-14H,5-8,11-12H2,1H3,(H,19,20). The first-order valence-electron chi connectivity index (χ1n) is 7.78. The van der Waals surface area contributed by atoms with Crippen LogP contribution in [0.5, 0.6) is 0 Å². The Kier molecular flexibility index (Phi) is 6.31. The highest BCUT2D eigenvalue weighted by Gasteiger charge is 2.30. The van der Waals surface area contributed by atoms with Crippen LogP contribution in [0.4, 0.5) is 0 Å². The van der Waals surface area contributed by atoms with Crippen LogP contribution in [0.25, 0.3) is 0 Å². The third kappa shape index (κ3) is 4.77. The van der Waals surface area contributed by atoms with Crippen LogP contribution in [0, 0.1) is 5.92 Å². The Bertz CT molecular complexity index is 500. The number of carbonyl (C=O) groups is 2. The van der Waals surface area contributed by atoms with Crippen LogP contribution in [0.15, 0.2) is 35.2 Å². The molecule has 1 aliphatic rings. The van der Waals surface area contributed by atoms with Gasteiger partial charge >= 0.3 is 5.97 Å². The lowest BCUT2D eigenvalue weighted by molar-refractivity contribution is -0.147. The second kappa shape index (κ2) is 8.22. The van der Waals surface area contributed by atoms with Crippen LogP contribution in [0.2, 0.25) is 0 Å². The fraction of sp³-hybridized carbons (Fsp3) is 0.529. The number of nitrogens with zero attached hydrogens (tertiary/aromatic N) is 1. The SMILES string of the molecule is CC(CSc1ccccc1)C(=O)N(CC(=O)O)C1CCCC1. The molecule has 5 heteroatoms. The second-order valence-corrected chi connectivity index (χ2v) is 6.92. The highest BCUT2D eigenvalue weighted by Crippen LogP contribution is 2.26. The summed E-state index contributed by atoms with van der Waals surface area (Å²) in [4.78, 5) is 26.4. The van der Waals surface area contributed by atoms with Gasteiger partial charge in [0.05, 0.1) is 0 Å². The maximum absolute atomic E-state index is 12.6. The van der Waals surface area contributed by atoms with Gasteiger partial charge < -0.3 is 10.0 Å². The van der Waals surface area contributed by atoms with Gasteiger partial charge in [0, 0.05) is 22.6 Å².